The molecule has 2 rings (SSSR count). The molecule has 0 aliphatic heterocycles. The Morgan fingerprint density at radius 2 is 1.34 bits per heavy atom. The summed E-state index contributed by atoms with van der Waals surface area (Å²) >= 11 is 0. The van der Waals surface area contributed by atoms with Crippen LogP contribution in [0, 0.1) is 13.8 Å². The minimum Gasteiger partial charge on any atom is -0.411 e. The first kappa shape index (κ1) is 35.0. The maximum atomic E-state index is 6.35. The van der Waals surface area contributed by atoms with Gasteiger partial charge in [-0.25, -0.2) is 9.97 Å². The van der Waals surface area contributed by atoms with Gasteiger partial charge in [-0.15, -0.1) is 0 Å². The summed E-state index contributed by atoms with van der Waals surface area (Å²) in [6.45, 7) is 36.5. The Morgan fingerprint density at radius 3 is 1.79 bits per heavy atom. The minimum absolute atomic E-state index is 0.222. The number of aromatic amines is 1. The van der Waals surface area contributed by atoms with Crippen LogP contribution in [0.5, 0.6) is 0 Å². The standard InChI is InChI=1S/C17H36N2O2Si2.C11H22N2OSi/c1-15-16(12-21-23(8,9)17(2,3)4)19(13-18-15)14-20-10-11-22(5,6)7;1-9-10(13-8-12-9)7-14-15(5,6)11(2,3)4/h13H,10-12,14H2,1-9H3;8H,7H2,1-6H3,(H,12,13). The second-order valence-corrected chi connectivity index (χ2v) is 29.9. The van der Waals surface area contributed by atoms with E-state index in [9.17, 15) is 0 Å². The molecule has 0 aliphatic rings. The molecule has 0 bridgehead atoms. The summed E-state index contributed by atoms with van der Waals surface area (Å²) in [5.41, 5.74) is 4.31. The normalized spacial score (nSPS) is 13.4. The van der Waals surface area contributed by atoms with Gasteiger partial charge in [0, 0.05) is 20.4 Å². The number of hydrogen-bond donors (Lipinski definition) is 1. The van der Waals surface area contributed by atoms with Crippen LogP contribution in [0.4, 0.5) is 0 Å². The Balaban J connectivity index is 0.000000415. The van der Waals surface area contributed by atoms with E-state index in [0.717, 1.165) is 29.4 Å². The van der Waals surface area contributed by atoms with Crippen LogP contribution in [0.25, 0.3) is 0 Å². The summed E-state index contributed by atoms with van der Waals surface area (Å²) in [6.07, 6.45) is 3.59. The smallest absolute Gasteiger partial charge is 0.192 e. The van der Waals surface area contributed by atoms with Crippen LogP contribution in [0.15, 0.2) is 12.7 Å². The molecule has 2 heterocycles. The molecule has 0 saturated carbocycles. The summed E-state index contributed by atoms with van der Waals surface area (Å²) in [5.74, 6) is 0. The maximum Gasteiger partial charge on any atom is 0.192 e. The second kappa shape index (κ2) is 13.5. The van der Waals surface area contributed by atoms with Gasteiger partial charge in [-0.3, -0.25) is 0 Å². The number of ether oxygens (including phenoxy) is 1. The average Bonchev–Trinajstić information content (AvgIpc) is 3.31. The van der Waals surface area contributed by atoms with Gasteiger partial charge in [-0.2, -0.15) is 0 Å². The molecule has 0 spiro atoms. The van der Waals surface area contributed by atoms with Crippen LogP contribution in [-0.2, 0) is 33.5 Å². The summed E-state index contributed by atoms with van der Waals surface area (Å²) in [5, 5.41) is 0.483. The summed E-state index contributed by atoms with van der Waals surface area (Å²) < 4.78 is 20.4. The van der Waals surface area contributed by atoms with Crippen LogP contribution in [-0.4, -0.2) is 50.8 Å². The lowest BCUT2D eigenvalue weighted by Crippen LogP contribution is -2.40. The van der Waals surface area contributed by atoms with E-state index in [0.29, 0.717) is 19.9 Å². The fourth-order valence-corrected chi connectivity index (χ4v) is 5.43. The number of imidazole rings is 2. The third-order valence-electron chi connectivity index (χ3n) is 8.07. The van der Waals surface area contributed by atoms with Crippen molar-refractivity contribution in [3.8, 4) is 0 Å². The molecule has 1 N–H and O–H groups in total. The van der Waals surface area contributed by atoms with Crippen molar-refractivity contribution >= 4 is 24.7 Å². The molecule has 0 aliphatic carbocycles. The number of nitrogens with one attached hydrogen (secondary N) is 1. The van der Waals surface area contributed by atoms with Gasteiger partial charge in [-0.05, 0) is 56.2 Å². The lowest BCUT2D eigenvalue weighted by atomic mass is 10.2. The van der Waals surface area contributed by atoms with Crippen LogP contribution >= 0.6 is 0 Å². The Labute approximate surface area is 236 Å². The van der Waals surface area contributed by atoms with Crippen molar-refractivity contribution in [3.63, 3.8) is 0 Å². The van der Waals surface area contributed by atoms with E-state index < -0.39 is 24.7 Å². The lowest BCUT2D eigenvalue weighted by molar-refractivity contribution is 0.0824. The van der Waals surface area contributed by atoms with Gasteiger partial charge >= 0.3 is 0 Å². The first-order valence-corrected chi connectivity index (χ1v) is 23.4. The first-order chi connectivity index (χ1) is 17.1. The number of aryl methyl sites for hydroxylation is 2. The molecular weight excluding hydrogens is 525 g/mol. The van der Waals surface area contributed by atoms with E-state index in [-0.39, 0.29) is 10.1 Å². The highest BCUT2D eigenvalue weighted by Crippen LogP contribution is 2.38. The number of rotatable bonds is 11. The second-order valence-electron chi connectivity index (χ2n) is 14.7. The van der Waals surface area contributed by atoms with Crippen molar-refractivity contribution in [2.24, 2.45) is 0 Å². The SMILES string of the molecule is Cc1[nH]cnc1CO[Si](C)(C)C(C)(C)C.Cc1ncn(COCC[Si](C)(C)C)c1CO[Si](C)(C)C(C)(C)C. The Morgan fingerprint density at radius 1 is 0.816 bits per heavy atom. The maximum absolute atomic E-state index is 6.35. The van der Waals surface area contributed by atoms with Crippen molar-refractivity contribution < 1.29 is 13.6 Å². The molecule has 2 aromatic rings. The Bertz CT molecular complexity index is 981. The molecule has 38 heavy (non-hydrogen) atoms. The molecule has 0 atom stereocenters. The Kier molecular flexibility index (Phi) is 12.5. The summed E-state index contributed by atoms with van der Waals surface area (Å²) in [7, 11) is -4.42. The zero-order valence-corrected chi connectivity index (χ0v) is 30.3. The molecule has 2 aromatic heterocycles. The number of nitrogens with zero attached hydrogens (tertiary/aromatic N) is 3. The van der Waals surface area contributed by atoms with Gasteiger partial charge in [0.2, 0.25) is 0 Å². The Hall–Kier alpha value is -1.05. The molecule has 0 radical (unpaired) electrons. The predicted octanol–water partition coefficient (Wildman–Crippen LogP) is 8.27. The molecule has 7 nitrogen and oxygen atoms in total. The van der Waals surface area contributed by atoms with E-state index in [4.69, 9.17) is 13.6 Å². The van der Waals surface area contributed by atoms with E-state index >= 15 is 0 Å². The molecule has 0 amide bonds. The van der Waals surface area contributed by atoms with Crippen LogP contribution in [0.1, 0.15) is 64.3 Å². The third kappa shape index (κ3) is 11.2. The molecule has 0 fully saturated rings. The van der Waals surface area contributed by atoms with Crippen molar-refractivity contribution in [3.05, 3.63) is 35.4 Å². The molecule has 10 heteroatoms. The monoisotopic (exact) mass is 582 g/mol. The van der Waals surface area contributed by atoms with Crippen LogP contribution in [0.3, 0.4) is 0 Å². The lowest BCUT2D eigenvalue weighted by Gasteiger charge is -2.36. The molecule has 220 valence electrons. The van der Waals surface area contributed by atoms with Crippen molar-refractivity contribution in [2.45, 2.75) is 137 Å². The van der Waals surface area contributed by atoms with Gasteiger partial charge in [-0.1, -0.05) is 61.2 Å². The first-order valence-electron chi connectivity index (χ1n) is 13.9. The number of aromatic nitrogens is 4. The van der Waals surface area contributed by atoms with E-state index in [1.165, 1.54) is 6.04 Å². The summed E-state index contributed by atoms with van der Waals surface area (Å²) in [4.78, 5) is 11.7. The fourth-order valence-electron chi connectivity index (χ4n) is 2.81. The van der Waals surface area contributed by atoms with E-state index in [1.807, 2.05) is 20.2 Å². The van der Waals surface area contributed by atoms with Crippen molar-refractivity contribution in [1.29, 1.82) is 0 Å². The van der Waals surface area contributed by atoms with Gasteiger partial charge in [0.25, 0.3) is 0 Å². The van der Waals surface area contributed by atoms with Crippen molar-refractivity contribution in [2.75, 3.05) is 6.61 Å². The summed E-state index contributed by atoms with van der Waals surface area (Å²) in [6, 6.07) is 1.19. The predicted molar refractivity (Wildman–Crippen MR) is 168 cm³/mol. The average molecular weight is 583 g/mol. The molecule has 0 saturated heterocycles. The fraction of sp³-hybridized carbons (Fsp3) is 0.786. The van der Waals surface area contributed by atoms with Crippen LogP contribution in [0.2, 0.25) is 61.9 Å². The van der Waals surface area contributed by atoms with E-state index in [1.54, 1.807) is 6.33 Å². The topological polar surface area (TPSA) is 74.2 Å². The van der Waals surface area contributed by atoms with Crippen LogP contribution < -0.4 is 0 Å². The van der Waals surface area contributed by atoms with E-state index in [2.05, 4.69) is 107 Å². The largest absolute Gasteiger partial charge is 0.411 e. The van der Waals surface area contributed by atoms with Gasteiger partial charge < -0.3 is 23.1 Å². The highest BCUT2D eigenvalue weighted by Gasteiger charge is 2.38. The highest BCUT2D eigenvalue weighted by molar-refractivity contribution is 6.76. The molecule has 0 aromatic carbocycles. The van der Waals surface area contributed by atoms with Gasteiger partial charge in [0.1, 0.15) is 6.73 Å². The zero-order chi connectivity index (χ0) is 29.6. The number of H-pyrrole nitrogens is 1. The minimum atomic E-state index is -1.75. The van der Waals surface area contributed by atoms with Crippen molar-refractivity contribution in [1.82, 2.24) is 19.5 Å². The van der Waals surface area contributed by atoms with Gasteiger partial charge in [0.05, 0.1) is 43.0 Å². The molecule has 0 unspecified atom stereocenters. The highest BCUT2D eigenvalue weighted by atomic mass is 28.4. The quantitative estimate of drug-likeness (QED) is 0.213. The molecular formula is C28H58N4O3Si3. The number of hydrogen-bond acceptors (Lipinski definition) is 5. The third-order valence-corrected chi connectivity index (χ3v) is 18.7. The van der Waals surface area contributed by atoms with Gasteiger partial charge in [0.15, 0.2) is 16.6 Å². The zero-order valence-electron chi connectivity index (χ0n) is 27.3.